The Morgan fingerprint density at radius 1 is 1.16 bits per heavy atom. The molecule has 3 aromatic rings. The summed E-state index contributed by atoms with van der Waals surface area (Å²) in [5.41, 5.74) is 1.88. The van der Waals surface area contributed by atoms with Gasteiger partial charge in [-0.2, -0.15) is 8.75 Å². The number of sulfonamides is 1. The molecule has 1 aliphatic rings. The fourth-order valence-corrected chi connectivity index (χ4v) is 4.73. The fourth-order valence-electron chi connectivity index (χ4n) is 2.94. The summed E-state index contributed by atoms with van der Waals surface area (Å²) < 4.78 is 36.2. The van der Waals surface area contributed by atoms with E-state index in [0.717, 1.165) is 36.2 Å². The summed E-state index contributed by atoms with van der Waals surface area (Å²) >= 11 is 1.01. The summed E-state index contributed by atoms with van der Waals surface area (Å²) in [6, 6.07) is 8.75. The molecule has 9 heteroatoms. The Morgan fingerprint density at radius 3 is 2.84 bits per heavy atom. The second kappa shape index (κ2) is 6.66. The second-order valence-electron chi connectivity index (χ2n) is 5.93. The third-order valence-electron chi connectivity index (χ3n) is 4.24. The summed E-state index contributed by atoms with van der Waals surface area (Å²) in [6.45, 7) is 2.21. The van der Waals surface area contributed by atoms with Gasteiger partial charge in [-0.25, -0.2) is 18.1 Å². The van der Waals surface area contributed by atoms with E-state index in [0.29, 0.717) is 11.0 Å². The van der Waals surface area contributed by atoms with Crippen LogP contribution in [0.2, 0.25) is 0 Å². The fraction of sp³-hybridized carbons (Fsp3) is 0.312. The normalized spacial score (nSPS) is 15.1. The summed E-state index contributed by atoms with van der Waals surface area (Å²) in [5, 5.41) is 0. The lowest BCUT2D eigenvalue weighted by Crippen LogP contribution is -2.24. The summed E-state index contributed by atoms with van der Waals surface area (Å²) in [6.07, 6.45) is 4.07. The molecule has 1 aromatic carbocycles. The zero-order valence-corrected chi connectivity index (χ0v) is 15.1. The smallest absolute Gasteiger partial charge is 0.243 e. The molecule has 1 aliphatic heterocycles. The first-order valence-electron chi connectivity index (χ1n) is 8.04. The zero-order chi connectivity index (χ0) is 17.3. The first-order chi connectivity index (χ1) is 12.1. The van der Waals surface area contributed by atoms with Crippen LogP contribution in [0, 0.1) is 0 Å². The Bertz CT molecular complexity index is 996. The van der Waals surface area contributed by atoms with Crippen molar-refractivity contribution in [3.05, 3.63) is 42.1 Å². The zero-order valence-electron chi connectivity index (χ0n) is 13.4. The molecule has 0 spiro atoms. The molecule has 130 valence electrons. The van der Waals surface area contributed by atoms with E-state index >= 15 is 0 Å². The predicted octanol–water partition coefficient (Wildman–Crippen LogP) is 2.17. The van der Waals surface area contributed by atoms with Crippen LogP contribution in [0.3, 0.4) is 0 Å². The molecule has 0 atom stereocenters. The van der Waals surface area contributed by atoms with Crippen molar-refractivity contribution in [2.45, 2.75) is 24.3 Å². The minimum atomic E-state index is -3.67. The van der Waals surface area contributed by atoms with Crippen LogP contribution in [0.4, 0.5) is 5.82 Å². The molecular weight excluding hydrogens is 358 g/mol. The number of anilines is 1. The molecule has 1 N–H and O–H groups in total. The largest absolute Gasteiger partial charge is 0.357 e. The van der Waals surface area contributed by atoms with Gasteiger partial charge in [-0.3, -0.25) is 0 Å². The quantitative estimate of drug-likeness (QED) is 0.735. The second-order valence-corrected chi connectivity index (χ2v) is 8.19. The van der Waals surface area contributed by atoms with Crippen molar-refractivity contribution in [3.8, 4) is 0 Å². The van der Waals surface area contributed by atoms with Crippen LogP contribution in [0.1, 0.15) is 18.4 Å². The van der Waals surface area contributed by atoms with Crippen molar-refractivity contribution in [2.24, 2.45) is 0 Å². The van der Waals surface area contributed by atoms with E-state index in [1.54, 1.807) is 24.4 Å². The Hall–Kier alpha value is -2.10. The number of hydrogen-bond donors (Lipinski definition) is 1. The van der Waals surface area contributed by atoms with Gasteiger partial charge in [0.25, 0.3) is 0 Å². The molecule has 4 rings (SSSR count). The number of aromatic nitrogens is 3. The monoisotopic (exact) mass is 375 g/mol. The molecule has 7 nitrogen and oxygen atoms in total. The van der Waals surface area contributed by atoms with Crippen molar-refractivity contribution in [1.82, 2.24) is 18.5 Å². The van der Waals surface area contributed by atoms with Crippen molar-refractivity contribution < 1.29 is 8.42 Å². The number of hydrogen-bond acceptors (Lipinski definition) is 7. The standard InChI is InChI=1S/C16H17N5O2S2/c22-25(23,14-5-3-4-13-16(14)20-24-19-13)18-11-12-6-7-17-15(10-12)21-8-1-2-9-21/h3-7,10,18H,1-2,8-9,11H2. The van der Waals surface area contributed by atoms with Gasteiger partial charge < -0.3 is 4.90 Å². The maximum Gasteiger partial charge on any atom is 0.243 e. The van der Waals surface area contributed by atoms with Gasteiger partial charge in [-0.05, 0) is 42.7 Å². The van der Waals surface area contributed by atoms with Crippen molar-refractivity contribution in [1.29, 1.82) is 0 Å². The first kappa shape index (κ1) is 16.4. The number of nitrogens with zero attached hydrogens (tertiary/aromatic N) is 4. The van der Waals surface area contributed by atoms with Gasteiger partial charge in [-0.1, -0.05) is 6.07 Å². The Balaban J connectivity index is 1.54. The predicted molar refractivity (Wildman–Crippen MR) is 97.1 cm³/mol. The number of pyridine rings is 1. The first-order valence-corrected chi connectivity index (χ1v) is 10.3. The van der Waals surface area contributed by atoms with Gasteiger partial charge in [0.05, 0.1) is 11.7 Å². The molecule has 2 aromatic heterocycles. The summed E-state index contributed by atoms with van der Waals surface area (Å²) in [5.74, 6) is 0.903. The molecule has 0 bridgehead atoms. The van der Waals surface area contributed by atoms with Crippen molar-refractivity contribution >= 4 is 38.6 Å². The lowest BCUT2D eigenvalue weighted by Gasteiger charge is -2.17. The van der Waals surface area contributed by atoms with E-state index < -0.39 is 10.0 Å². The van der Waals surface area contributed by atoms with Crippen LogP contribution in [0.15, 0.2) is 41.4 Å². The third kappa shape index (κ3) is 3.35. The molecule has 0 saturated carbocycles. The topological polar surface area (TPSA) is 88.1 Å². The molecular formula is C16H17N5O2S2. The molecule has 1 saturated heterocycles. The summed E-state index contributed by atoms with van der Waals surface area (Å²) in [4.78, 5) is 6.77. The average molecular weight is 375 g/mol. The SMILES string of the molecule is O=S(=O)(NCc1ccnc(N2CCCC2)c1)c1cccc2nsnc12. The highest BCUT2D eigenvalue weighted by molar-refractivity contribution is 7.89. The number of rotatable bonds is 5. The van der Waals surface area contributed by atoms with Gasteiger partial charge in [0.1, 0.15) is 21.7 Å². The minimum absolute atomic E-state index is 0.160. The highest BCUT2D eigenvalue weighted by Gasteiger charge is 2.20. The third-order valence-corrected chi connectivity index (χ3v) is 6.22. The van der Waals surface area contributed by atoms with Crippen LogP contribution in [-0.2, 0) is 16.6 Å². The van der Waals surface area contributed by atoms with Crippen LogP contribution in [0.25, 0.3) is 11.0 Å². The molecule has 0 unspecified atom stereocenters. The van der Waals surface area contributed by atoms with Crippen LogP contribution >= 0.6 is 11.7 Å². The van der Waals surface area contributed by atoms with Crippen molar-refractivity contribution in [3.63, 3.8) is 0 Å². The Kier molecular flexibility index (Phi) is 4.36. The Morgan fingerprint density at radius 2 is 2.00 bits per heavy atom. The van der Waals surface area contributed by atoms with E-state index in [4.69, 9.17) is 0 Å². The van der Waals surface area contributed by atoms with Gasteiger partial charge in [-0.15, -0.1) is 0 Å². The average Bonchev–Trinajstić information content (AvgIpc) is 3.31. The summed E-state index contributed by atoms with van der Waals surface area (Å²) in [7, 11) is -3.67. The maximum absolute atomic E-state index is 12.7. The Labute approximate surface area is 150 Å². The van der Waals surface area contributed by atoms with Crippen LogP contribution in [0.5, 0.6) is 0 Å². The maximum atomic E-state index is 12.7. The van der Waals surface area contributed by atoms with E-state index in [1.165, 1.54) is 12.8 Å². The van der Waals surface area contributed by atoms with Gasteiger partial charge in [0.2, 0.25) is 10.0 Å². The molecule has 25 heavy (non-hydrogen) atoms. The highest BCUT2D eigenvalue weighted by Crippen LogP contribution is 2.22. The van der Waals surface area contributed by atoms with E-state index in [1.807, 2.05) is 12.1 Å². The number of fused-ring (bicyclic) bond motifs is 1. The van der Waals surface area contributed by atoms with Gasteiger partial charge >= 0.3 is 0 Å². The highest BCUT2D eigenvalue weighted by atomic mass is 32.2. The lowest BCUT2D eigenvalue weighted by atomic mass is 10.2. The van der Waals surface area contributed by atoms with Crippen LogP contribution in [-0.4, -0.2) is 35.2 Å². The minimum Gasteiger partial charge on any atom is -0.357 e. The number of nitrogens with one attached hydrogen (secondary N) is 1. The van der Waals surface area contributed by atoms with Gasteiger partial charge in [0.15, 0.2) is 0 Å². The van der Waals surface area contributed by atoms with Crippen molar-refractivity contribution in [2.75, 3.05) is 18.0 Å². The molecule has 0 amide bonds. The molecule has 0 radical (unpaired) electrons. The molecule has 1 fully saturated rings. The molecule has 3 heterocycles. The lowest BCUT2D eigenvalue weighted by molar-refractivity contribution is 0.582. The number of benzene rings is 1. The van der Waals surface area contributed by atoms with Gasteiger partial charge in [0, 0.05) is 25.8 Å². The van der Waals surface area contributed by atoms with E-state index in [9.17, 15) is 8.42 Å². The van der Waals surface area contributed by atoms with E-state index in [-0.39, 0.29) is 11.4 Å². The molecule has 0 aliphatic carbocycles. The van der Waals surface area contributed by atoms with E-state index in [2.05, 4.69) is 23.4 Å². The van der Waals surface area contributed by atoms with Crippen LogP contribution < -0.4 is 9.62 Å².